The molecule has 1 aromatic rings. The second-order valence-electron chi connectivity index (χ2n) is 5.81. The number of ether oxygens (including phenoxy) is 1. The summed E-state index contributed by atoms with van der Waals surface area (Å²) < 4.78 is 7.47. The van der Waals surface area contributed by atoms with Crippen molar-refractivity contribution in [2.45, 2.75) is 45.4 Å². The van der Waals surface area contributed by atoms with Crippen molar-refractivity contribution < 1.29 is 4.74 Å². The molecule has 21 heavy (non-hydrogen) atoms. The Morgan fingerprint density at radius 1 is 1.52 bits per heavy atom. The van der Waals surface area contributed by atoms with Gasteiger partial charge in [0.15, 0.2) is 0 Å². The third kappa shape index (κ3) is 2.74. The third-order valence-corrected chi connectivity index (χ3v) is 4.53. The van der Waals surface area contributed by atoms with Crippen LogP contribution in [0.1, 0.15) is 36.6 Å². The number of aromatic nitrogens is 1. The molecule has 3 heterocycles. The quantitative estimate of drug-likeness (QED) is 0.840. The Morgan fingerprint density at radius 3 is 3.05 bits per heavy atom. The molecular formula is C16H21N3O2. The van der Waals surface area contributed by atoms with E-state index in [4.69, 9.17) is 4.74 Å². The Labute approximate surface area is 124 Å². The summed E-state index contributed by atoms with van der Waals surface area (Å²) in [5.41, 5.74) is 2.32. The summed E-state index contributed by atoms with van der Waals surface area (Å²) in [7, 11) is 0. The molecule has 2 aliphatic rings. The third-order valence-electron chi connectivity index (χ3n) is 4.53. The maximum atomic E-state index is 12.5. The van der Waals surface area contributed by atoms with Gasteiger partial charge in [-0.3, -0.25) is 9.69 Å². The van der Waals surface area contributed by atoms with E-state index in [0.29, 0.717) is 6.54 Å². The van der Waals surface area contributed by atoms with Crippen molar-refractivity contribution in [2.75, 3.05) is 19.7 Å². The van der Waals surface area contributed by atoms with Gasteiger partial charge in [-0.15, -0.1) is 0 Å². The van der Waals surface area contributed by atoms with E-state index >= 15 is 0 Å². The molecule has 0 aromatic carbocycles. The minimum atomic E-state index is -0.156. The lowest BCUT2D eigenvalue weighted by molar-refractivity contribution is 0.0947. The summed E-state index contributed by atoms with van der Waals surface area (Å²) in [6.45, 7) is 6.30. The fraction of sp³-hybridized carbons (Fsp3) is 0.625. The molecule has 112 valence electrons. The van der Waals surface area contributed by atoms with Gasteiger partial charge in [-0.1, -0.05) is 6.92 Å². The maximum absolute atomic E-state index is 12.5. The summed E-state index contributed by atoms with van der Waals surface area (Å²) in [4.78, 5) is 14.8. The Hall–Kier alpha value is -1.64. The lowest BCUT2D eigenvalue weighted by atomic mass is 10.0. The summed E-state index contributed by atoms with van der Waals surface area (Å²) >= 11 is 0. The molecular weight excluding hydrogens is 266 g/mol. The molecule has 0 amide bonds. The molecule has 0 N–H and O–H groups in total. The van der Waals surface area contributed by atoms with Gasteiger partial charge in [-0.2, -0.15) is 5.26 Å². The van der Waals surface area contributed by atoms with Crippen LogP contribution in [-0.4, -0.2) is 35.3 Å². The predicted octanol–water partition coefficient (Wildman–Crippen LogP) is 1.28. The minimum Gasteiger partial charge on any atom is -0.376 e. The van der Waals surface area contributed by atoms with Crippen molar-refractivity contribution in [3.8, 4) is 6.07 Å². The first-order valence-electron chi connectivity index (χ1n) is 7.72. The van der Waals surface area contributed by atoms with E-state index in [2.05, 4.69) is 17.9 Å². The number of nitrogens with zero attached hydrogens (tertiary/aromatic N) is 3. The maximum Gasteiger partial charge on any atom is 0.268 e. The van der Waals surface area contributed by atoms with E-state index in [0.717, 1.165) is 56.8 Å². The van der Waals surface area contributed by atoms with Crippen LogP contribution in [0.25, 0.3) is 0 Å². The van der Waals surface area contributed by atoms with Crippen LogP contribution in [0.3, 0.4) is 0 Å². The molecule has 0 saturated carbocycles. The van der Waals surface area contributed by atoms with E-state index in [1.165, 1.54) is 0 Å². The van der Waals surface area contributed by atoms with Crippen molar-refractivity contribution in [2.24, 2.45) is 0 Å². The average Bonchev–Trinajstić information content (AvgIpc) is 3.02. The van der Waals surface area contributed by atoms with Gasteiger partial charge < -0.3 is 9.30 Å². The number of likely N-dealkylation sites (N-methyl/N-ethyl adjacent to an activating group) is 1. The lowest BCUT2D eigenvalue weighted by Crippen LogP contribution is -2.38. The summed E-state index contributed by atoms with van der Waals surface area (Å²) in [6.07, 6.45) is 3.05. The average molecular weight is 287 g/mol. The first-order chi connectivity index (χ1) is 10.2. The van der Waals surface area contributed by atoms with Crippen LogP contribution < -0.4 is 5.56 Å². The van der Waals surface area contributed by atoms with Crippen molar-refractivity contribution in [1.29, 1.82) is 5.26 Å². The lowest BCUT2D eigenvalue weighted by Gasteiger charge is -2.30. The molecule has 0 aliphatic carbocycles. The van der Waals surface area contributed by atoms with E-state index in [1.807, 2.05) is 0 Å². The summed E-state index contributed by atoms with van der Waals surface area (Å²) in [5, 5.41) is 9.22. The van der Waals surface area contributed by atoms with Crippen LogP contribution in [0.5, 0.6) is 0 Å². The Kier molecular flexibility index (Phi) is 4.09. The Morgan fingerprint density at radius 2 is 2.38 bits per heavy atom. The number of hydrogen-bond acceptors (Lipinski definition) is 4. The highest BCUT2D eigenvalue weighted by atomic mass is 16.5. The molecule has 0 spiro atoms. The molecule has 2 aliphatic heterocycles. The van der Waals surface area contributed by atoms with Crippen LogP contribution in [0.4, 0.5) is 0 Å². The topological polar surface area (TPSA) is 58.3 Å². The smallest absolute Gasteiger partial charge is 0.268 e. The normalized spacial score (nSPS) is 22.0. The number of rotatable bonds is 3. The number of fused-ring (bicyclic) bond motifs is 1. The number of pyridine rings is 1. The molecule has 5 heteroatoms. The molecule has 1 aromatic heterocycles. The first kappa shape index (κ1) is 14.3. The minimum absolute atomic E-state index is 0.116. The van der Waals surface area contributed by atoms with Crippen molar-refractivity contribution in [1.82, 2.24) is 9.47 Å². The number of nitriles is 1. The highest BCUT2D eigenvalue weighted by Gasteiger charge is 2.24. The SMILES string of the molecule is CCN1CCc2c(cc(C#N)c(=O)n2CC2CCCO2)C1. The zero-order valence-corrected chi connectivity index (χ0v) is 12.5. The van der Waals surface area contributed by atoms with Gasteiger partial charge >= 0.3 is 0 Å². The van der Waals surface area contributed by atoms with Crippen molar-refractivity contribution >= 4 is 0 Å². The molecule has 1 unspecified atom stereocenters. The Balaban J connectivity index is 2.00. The highest BCUT2D eigenvalue weighted by molar-refractivity contribution is 5.35. The van der Waals surface area contributed by atoms with Gasteiger partial charge in [0.1, 0.15) is 11.6 Å². The second kappa shape index (κ2) is 6.00. The van der Waals surface area contributed by atoms with Crippen LogP contribution in [-0.2, 0) is 24.2 Å². The van der Waals surface area contributed by atoms with Crippen LogP contribution in [0.2, 0.25) is 0 Å². The van der Waals surface area contributed by atoms with Crippen LogP contribution in [0.15, 0.2) is 10.9 Å². The van der Waals surface area contributed by atoms with E-state index in [9.17, 15) is 10.1 Å². The van der Waals surface area contributed by atoms with E-state index in [-0.39, 0.29) is 17.2 Å². The zero-order chi connectivity index (χ0) is 14.8. The van der Waals surface area contributed by atoms with Crippen molar-refractivity contribution in [3.05, 3.63) is 33.2 Å². The van der Waals surface area contributed by atoms with Gasteiger partial charge in [0.2, 0.25) is 0 Å². The monoisotopic (exact) mass is 287 g/mol. The van der Waals surface area contributed by atoms with Crippen molar-refractivity contribution in [3.63, 3.8) is 0 Å². The molecule has 0 radical (unpaired) electrons. The van der Waals surface area contributed by atoms with Gasteiger partial charge in [0.05, 0.1) is 12.6 Å². The number of hydrogen-bond donors (Lipinski definition) is 0. The molecule has 3 rings (SSSR count). The van der Waals surface area contributed by atoms with Gasteiger partial charge in [0, 0.05) is 31.8 Å². The Bertz CT molecular complexity index is 624. The fourth-order valence-electron chi connectivity index (χ4n) is 3.31. The predicted molar refractivity (Wildman–Crippen MR) is 79.0 cm³/mol. The molecule has 1 atom stereocenters. The van der Waals surface area contributed by atoms with Gasteiger partial charge in [-0.25, -0.2) is 0 Å². The fourth-order valence-corrected chi connectivity index (χ4v) is 3.31. The molecule has 5 nitrogen and oxygen atoms in total. The van der Waals surface area contributed by atoms with Crippen LogP contribution >= 0.6 is 0 Å². The van der Waals surface area contributed by atoms with Gasteiger partial charge in [0.25, 0.3) is 5.56 Å². The van der Waals surface area contributed by atoms with Gasteiger partial charge in [-0.05, 0) is 31.0 Å². The standard InChI is InChI=1S/C16H21N3O2/c1-2-18-6-5-15-13(10-18)8-12(9-17)16(20)19(15)11-14-4-3-7-21-14/h8,14H,2-7,10-11H2,1H3. The first-order valence-corrected chi connectivity index (χ1v) is 7.72. The molecule has 0 bridgehead atoms. The summed E-state index contributed by atoms with van der Waals surface area (Å²) in [5.74, 6) is 0. The largest absolute Gasteiger partial charge is 0.376 e. The highest BCUT2D eigenvalue weighted by Crippen LogP contribution is 2.21. The van der Waals surface area contributed by atoms with E-state index < -0.39 is 0 Å². The van der Waals surface area contributed by atoms with Crippen LogP contribution in [0, 0.1) is 11.3 Å². The molecule has 1 saturated heterocycles. The zero-order valence-electron chi connectivity index (χ0n) is 12.5. The summed E-state index contributed by atoms with van der Waals surface area (Å²) in [6, 6.07) is 3.83. The van der Waals surface area contributed by atoms with E-state index in [1.54, 1.807) is 10.6 Å². The second-order valence-corrected chi connectivity index (χ2v) is 5.81. The molecule has 1 fully saturated rings.